The minimum atomic E-state index is -0.295. The van der Waals surface area contributed by atoms with Gasteiger partial charge in [-0.2, -0.15) is 5.10 Å². The third kappa shape index (κ3) is 3.97. The summed E-state index contributed by atoms with van der Waals surface area (Å²) in [5.74, 6) is 1.14. The van der Waals surface area contributed by atoms with Crippen molar-refractivity contribution in [1.29, 1.82) is 0 Å². The standard InChI is InChI=1S/C22H25FN4OS/c1-3-28-17-12-10-16(11-13-17)20-9-6-14-26(20)15-27-22(29)25(2)21(24-27)18-7-4-5-8-19(18)23/h4-5,7-8,10-13,20H,3,6,9,14-15H2,1-2H3/t20-/m1/s1. The van der Waals surface area contributed by atoms with Gasteiger partial charge >= 0.3 is 0 Å². The summed E-state index contributed by atoms with van der Waals surface area (Å²) in [5.41, 5.74) is 1.73. The predicted molar refractivity (Wildman–Crippen MR) is 114 cm³/mol. The van der Waals surface area contributed by atoms with Gasteiger partial charge in [-0.3, -0.25) is 4.90 Å². The molecule has 0 radical (unpaired) electrons. The Labute approximate surface area is 175 Å². The summed E-state index contributed by atoms with van der Waals surface area (Å²) in [6, 6.07) is 15.3. The second kappa shape index (κ2) is 8.47. The molecule has 0 bridgehead atoms. The number of rotatable bonds is 6. The van der Waals surface area contributed by atoms with Crippen LogP contribution in [0.3, 0.4) is 0 Å². The molecule has 2 aromatic carbocycles. The summed E-state index contributed by atoms with van der Waals surface area (Å²) >= 11 is 5.59. The Bertz CT molecular complexity index is 1040. The first-order valence-corrected chi connectivity index (χ1v) is 10.3. The molecule has 0 unspecified atom stereocenters. The summed E-state index contributed by atoms with van der Waals surface area (Å²) in [6.07, 6.45) is 2.21. The summed E-state index contributed by atoms with van der Waals surface area (Å²) in [6.45, 7) is 4.21. The molecule has 3 aromatic rings. The Balaban J connectivity index is 1.58. The molecule has 7 heteroatoms. The minimum absolute atomic E-state index is 0.295. The lowest BCUT2D eigenvalue weighted by Gasteiger charge is -2.24. The van der Waals surface area contributed by atoms with Gasteiger partial charge in [0.05, 0.1) is 18.8 Å². The third-order valence-electron chi connectivity index (χ3n) is 5.41. The number of hydrogen-bond acceptors (Lipinski definition) is 4. The summed E-state index contributed by atoms with van der Waals surface area (Å²) in [7, 11) is 1.83. The molecule has 0 N–H and O–H groups in total. The van der Waals surface area contributed by atoms with Crippen molar-refractivity contribution in [1.82, 2.24) is 19.2 Å². The van der Waals surface area contributed by atoms with Gasteiger partial charge in [0.1, 0.15) is 11.6 Å². The number of hydrogen-bond donors (Lipinski definition) is 0. The average molecular weight is 413 g/mol. The molecule has 1 atom stereocenters. The largest absolute Gasteiger partial charge is 0.494 e. The topological polar surface area (TPSA) is 35.2 Å². The smallest absolute Gasteiger partial charge is 0.199 e. The van der Waals surface area contributed by atoms with Crippen molar-refractivity contribution >= 4 is 12.2 Å². The van der Waals surface area contributed by atoms with E-state index in [1.54, 1.807) is 21.4 Å². The van der Waals surface area contributed by atoms with Crippen molar-refractivity contribution < 1.29 is 9.13 Å². The minimum Gasteiger partial charge on any atom is -0.494 e. The maximum absolute atomic E-state index is 14.3. The van der Waals surface area contributed by atoms with Crippen LogP contribution in [0.5, 0.6) is 5.75 Å². The predicted octanol–water partition coefficient (Wildman–Crippen LogP) is 4.95. The molecule has 0 spiro atoms. The van der Waals surface area contributed by atoms with E-state index in [4.69, 9.17) is 17.0 Å². The fourth-order valence-corrected chi connectivity index (χ4v) is 4.14. The maximum Gasteiger partial charge on any atom is 0.199 e. The van der Waals surface area contributed by atoms with Crippen LogP contribution in [0.2, 0.25) is 0 Å². The van der Waals surface area contributed by atoms with Gasteiger partial charge < -0.3 is 9.30 Å². The van der Waals surface area contributed by atoms with Gasteiger partial charge in [0.15, 0.2) is 10.6 Å². The molecule has 1 aliphatic rings. The first-order chi connectivity index (χ1) is 14.1. The fourth-order valence-electron chi connectivity index (χ4n) is 3.95. The number of nitrogens with zero attached hydrogens (tertiary/aromatic N) is 4. The van der Waals surface area contributed by atoms with Crippen LogP contribution >= 0.6 is 12.2 Å². The van der Waals surface area contributed by atoms with E-state index < -0.39 is 0 Å². The first kappa shape index (κ1) is 19.8. The lowest BCUT2D eigenvalue weighted by molar-refractivity contribution is 0.190. The zero-order valence-electron chi connectivity index (χ0n) is 16.7. The summed E-state index contributed by atoms with van der Waals surface area (Å²) in [5, 5.41) is 4.64. The second-order valence-electron chi connectivity index (χ2n) is 7.26. The molecule has 1 aliphatic heterocycles. The quantitative estimate of drug-likeness (QED) is 0.537. The maximum atomic E-state index is 14.3. The highest BCUT2D eigenvalue weighted by Crippen LogP contribution is 2.33. The molecule has 5 nitrogen and oxygen atoms in total. The van der Waals surface area contributed by atoms with E-state index in [2.05, 4.69) is 22.1 Å². The molecule has 1 aromatic heterocycles. The number of benzene rings is 2. The molecule has 1 fully saturated rings. The molecule has 2 heterocycles. The van der Waals surface area contributed by atoms with Crippen molar-refractivity contribution in [3.63, 3.8) is 0 Å². The lowest BCUT2D eigenvalue weighted by Crippen LogP contribution is -2.27. The molecule has 1 saturated heterocycles. The highest BCUT2D eigenvalue weighted by Gasteiger charge is 2.27. The molecule has 29 heavy (non-hydrogen) atoms. The molecule has 4 rings (SSSR count). The van der Waals surface area contributed by atoms with Crippen LogP contribution in [0.1, 0.15) is 31.4 Å². The lowest BCUT2D eigenvalue weighted by atomic mass is 10.0. The van der Waals surface area contributed by atoms with Gasteiger partial charge in [0, 0.05) is 19.6 Å². The van der Waals surface area contributed by atoms with Crippen LogP contribution in [-0.4, -0.2) is 32.4 Å². The van der Waals surface area contributed by atoms with E-state index >= 15 is 0 Å². The zero-order chi connectivity index (χ0) is 20.4. The van der Waals surface area contributed by atoms with Crippen LogP contribution in [0.4, 0.5) is 4.39 Å². The number of ether oxygens (including phenoxy) is 1. The van der Waals surface area contributed by atoms with E-state index in [9.17, 15) is 4.39 Å². The van der Waals surface area contributed by atoms with E-state index in [0.717, 1.165) is 25.1 Å². The van der Waals surface area contributed by atoms with Crippen LogP contribution in [0.15, 0.2) is 48.5 Å². The monoisotopic (exact) mass is 412 g/mol. The van der Waals surface area contributed by atoms with Gasteiger partial charge in [-0.15, -0.1) is 0 Å². The van der Waals surface area contributed by atoms with Gasteiger partial charge in [0.25, 0.3) is 0 Å². The third-order valence-corrected chi connectivity index (χ3v) is 5.90. The van der Waals surface area contributed by atoms with Crippen LogP contribution in [-0.2, 0) is 13.7 Å². The molecule has 0 amide bonds. The molecule has 0 saturated carbocycles. The van der Waals surface area contributed by atoms with E-state index in [0.29, 0.717) is 35.5 Å². The fraction of sp³-hybridized carbons (Fsp3) is 0.364. The van der Waals surface area contributed by atoms with Crippen molar-refractivity contribution in [2.45, 2.75) is 32.5 Å². The van der Waals surface area contributed by atoms with Gasteiger partial charge in [-0.1, -0.05) is 24.3 Å². The molecular weight excluding hydrogens is 387 g/mol. The Hall–Kier alpha value is -2.51. The normalized spacial score (nSPS) is 17.0. The van der Waals surface area contributed by atoms with E-state index in [1.165, 1.54) is 11.6 Å². The second-order valence-corrected chi connectivity index (χ2v) is 7.62. The average Bonchev–Trinajstić information content (AvgIpc) is 3.30. The van der Waals surface area contributed by atoms with Gasteiger partial charge in [0.2, 0.25) is 0 Å². The summed E-state index contributed by atoms with van der Waals surface area (Å²) < 4.78 is 24.0. The number of halogens is 1. The SMILES string of the molecule is CCOc1ccc([C@H]2CCCN2Cn2nc(-c3ccccc3F)n(C)c2=S)cc1. The highest BCUT2D eigenvalue weighted by molar-refractivity contribution is 7.71. The van der Waals surface area contributed by atoms with Gasteiger partial charge in [-0.25, -0.2) is 9.07 Å². The molecular formula is C22H25FN4OS. The zero-order valence-corrected chi connectivity index (χ0v) is 17.5. The van der Waals surface area contributed by atoms with Crippen LogP contribution in [0.25, 0.3) is 11.4 Å². The Morgan fingerprint density at radius 2 is 1.93 bits per heavy atom. The van der Waals surface area contributed by atoms with E-state index in [1.807, 2.05) is 32.2 Å². The van der Waals surface area contributed by atoms with Crippen LogP contribution < -0.4 is 4.74 Å². The van der Waals surface area contributed by atoms with Crippen LogP contribution in [0, 0.1) is 10.6 Å². The Morgan fingerprint density at radius 3 is 2.66 bits per heavy atom. The molecule has 0 aliphatic carbocycles. The van der Waals surface area contributed by atoms with Crippen molar-refractivity contribution in [3.05, 3.63) is 64.7 Å². The molecule has 152 valence electrons. The Kier molecular flexibility index (Phi) is 5.78. The highest BCUT2D eigenvalue weighted by atomic mass is 32.1. The van der Waals surface area contributed by atoms with Crippen molar-refractivity contribution in [2.24, 2.45) is 7.05 Å². The summed E-state index contributed by atoms with van der Waals surface area (Å²) in [4.78, 5) is 2.38. The van der Waals surface area contributed by atoms with Crippen molar-refractivity contribution in [2.75, 3.05) is 13.2 Å². The van der Waals surface area contributed by atoms with Gasteiger partial charge in [-0.05, 0) is 61.8 Å². The number of aromatic nitrogens is 3. The first-order valence-electron chi connectivity index (χ1n) is 9.94. The number of likely N-dealkylation sites (tertiary alicyclic amines) is 1. The van der Waals surface area contributed by atoms with E-state index in [-0.39, 0.29) is 5.82 Å². The van der Waals surface area contributed by atoms with Crippen molar-refractivity contribution in [3.8, 4) is 17.1 Å². The Morgan fingerprint density at radius 1 is 1.17 bits per heavy atom.